The molecule has 0 aliphatic rings. The number of hydrogen-bond acceptors (Lipinski definition) is 1. The van der Waals surface area contributed by atoms with Crippen molar-refractivity contribution in [2.75, 3.05) is 0 Å². The van der Waals surface area contributed by atoms with Crippen LogP contribution in [-0.2, 0) is 0 Å². The Morgan fingerprint density at radius 2 is 1.80 bits per heavy atom. The molecule has 0 saturated carbocycles. The van der Waals surface area contributed by atoms with Gasteiger partial charge in [-0.3, -0.25) is 0 Å². The highest BCUT2D eigenvalue weighted by atomic mass is 14.9. The van der Waals surface area contributed by atoms with E-state index in [0.717, 1.165) is 0 Å². The average molecular weight is 134 g/mol. The maximum absolute atomic E-state index is 5.13. The maximum Gasteiger partial charge on any atom is 0.00824 e. The zero-order chi connectivity index (χ0) is 7.23. The molecule has 0 atom stereocenters. The first-order valence-electron chi connectivity index (χ1n) is 3.11. The fraction of sp³-hybridized carbons (Fsp3) is 0. The number of aromatic nitrogens is 1. The normalized spacial score (nSPS) is 11.6. The van der Waals surface area contributed by atoms with Crippen molar-refractivity contribution in [3.05, 3.63) is 42.9 Å². The largest absolute Gasteiger partial charge is 0.405 e. The van der Waals surface area contributed by atoms with Gasteiger partial charge in [-0.2, -0.15) is 0 Å². The molecule has 0 fully saturated rings. The molecule has 0 saturated heterocycles. The summed E-state index contributed by atoms with van der Waals surface area (Å²) in [6.45, 7) is 0. The van der Waals surface area contributed by atoms with Crippen molar-refractivity contribution in [1.29, 1.82) is 0 Å². The van der Waals surface area contributed by atoms with Gasteiger partial charge in [0, 0.05) is 18.6 Å². The average Bonchev–Trinajstić information content (AvgIpc) is 2.41. The lowest BCUT2D eigenvalue weighted by atomic mass is 10.6. The molecule has 1 heterocycles. The zero-order valence-corrected chi connectivity index (χ0v) is 5.64. The van der Waals surface area contributed by atoms with E-state index in [9.17, 15) is 0 Å². The van der Waals surface area contributed by atoms with Crippen molar-refractivity contribution in [1.82, 2.24) is 4.57 Å². The minimum atomic E-state index is 1.50. The van der Waals surface area contributed by atoms with Crippen LogP contribution in [0, 0.1) is 0 Å². The fourth-order valence-corrected chi connectivity index (χ4v) is 0.660. The minimum absolute atomic E-state index is 1.50. The van der Waals surface area contributed by atoms with Crippen molar-refractivity contribution < 1.29 is 0 Å². The number of allylic oxidation sites excluding steroid dienone is 2. The van der Waals surface area contributed by atoms with Gasteiger partial charge in [0.2, 0.25) is 0 Å². The summed E-state index contributed by atoms with van der Waals surface area (Å²) in [6.07, 6.45) is 11.0. The molecule has 10 heavy (non-hydrogen) atoms. The van der Waals surface area contributed by atoms with Gasteiger partial charge in [-0.1, -0.05) is 0 Å². The second kappa shape index (κ2) is 3.56. The van der Waals surface area contributed by atoms with Gasteiger partial charge in [-0.25, -0.2) is 0 Å². The summed E-state index contributed by atoms with van der Waals surface area (Å²) in [5, 5.41) is 0. The highest BCUT2D eigenvalue weighted by Crippen LogP contribution is 1.90. The molecule has 0 spiro atoms. The van der Waals surface area contributed by atoms with Crippen LogP contribution in [0.2, 0.25) is 0 Å². The van der Waals surface area contributed by atoms with Crippen LogP contribution in [0.25, 0.3) is 6.20 Å². The first-order chi connectivity index (χ1) is 4.93. The topological polar surface area (TPSA) is 30.9 Å². The summed E-state index contributed by atoms with van der Waals surface area (Å²) < 4.78 is 1.94. The van der Waals surface area contributed by atoms with Crippen molar-refractivity contribution in [2.24, 2.45) is 5.73 Å². The van der Waals surface area contributed by atoms with Crippen molar-refractivity contribution in [3.8, 4) is 0 Å². The number of hydrogen-bond donors (Lipinski definition) is 1. The van der Waals surface area contributed by atoms with Crippen molar-refractivity contribution >= 4 is 6.20 Å². The van der Waals surface area contributed by atoms with Crippen LogP contribution in [0.1, 0.15) is 0 Å². The summed E-state index contributed by atoms with van der Waals surface area (Å²) in [6, 6.07) is 3.94. The summed E-state index contributed by atoms with van der Waals surface area (Å²) in [4.78, 5) is 0. The van der Waals surface area contributed by atoms with E-state index in [2.05, 4.69) is 0 Å². The van der Waals surface area contributed by atoms with Crippen LogP contribution in [0.15, 0.2) is 42.9 Å². The molecule has 52 valence electrons. The SMILES string of the molecule is N/C=C/C=C/n1cccc1. The second-order valence-corrected chi connectivity index (χ2v) is 1.86. The molecule has 0 aliphatic carbocycles. The smallest absolute Gasteiger partial charge is 0.00824 e. The predicted octanol–water partition coefficient (Wildman–Crippen LogP) is 1.43. The van der Waals surface area contributed by atoms with Gasteiger partial charge in [-0.15, -0.1) is 0 Å². The lowest BCUT2D eigenvalue weighted by molar-refractivity contribution is 1.17. The molecule has 1 rings (SSSR count). The molecule has 1 aromatic heterocycles. The van der Waals surface area contributed by atoms with Crippen molar-refractivity contribution in [3.63, 3.8) is 0 Å². The number of rotatable bonds is 2. The third kappa shape index (κ3) is 1.82. The Bertz CT molecular complexity index is 219. The zero-order valence-electron chi connectivity index (χ0n) is 5.64. The van der Waals surface area contributed by atoms with Gasteiger partial charge in [-0.05, 0) is 30.5 Å². The van der Waals surface area contributed by atoms with Gasteiger partial charge >= 0.3 is 0 Å². The van der Waals surface area contributed by atoms with E-state index < -0.39 is 0 Å². The molecule has 0 aliphatic heterocycles. The minimum Gasteiger partial charge on any atom is -0.405 e. The molecule has 1 aromatic rings. The van der Waals surface area contributed by atoms with Crippen LogP contribution in [0.4, 0.5) is 0 Å². The quantitative estimate of drug-likeness (QED) is 0.609. The predicted molar refractivity (Wildman–Crippen MR) is 43.1 cm³/mol. The van der Waals surface area contributed by atoms with E-state index in [0.29, 0.717) is 0 Å². The summed E-state index contributed by atoms with van der Waals surface area (Å²) >= 11 is 0. The van der Waals surface area contributed by atoms with E-state index in [1.165, 1.54) is 6.20 Å². The Kier molecular flexibility index (Phi) is 2.38. The molecule has 0 amide bonds. The van der Waals surface area contributed by atoms with Crippen LogP contribution in [0.5, 0.6) is 0 Å². The van der Waals surface area contributed by atoms with E-state index >= 15 is 0 Å². The third-order valence-electron chi connectivity index (χ3n) is 1.11. The molecule has 0 unspecified atom stereocenters. The lowest BCUT2D eigenvalue weighted by Gasteiger charge is -1.86. The highest BCUT2D eigenvalue weighted by molar-refractivity contribution is 5.27. The van der Waals surface area contributed by atoms with E-state index in [1.54, 1.807) is 6.08 Å². The van der Waals surface area contributed by atoms with Crippen molar-refractivity contribution in [2.45, 2.75) is 0 Å². The standard InChI is InChI=1S/C8H10N2/c9-5-1-2-6-10-7-3-4-8-10/h1-8H,9H2/b5-1+,6-2+. The monoisotopic (exact) mass is 134 g/mol. The lowest BCUT2D eigenvalue weighted by Crippen LogP contribution is -1.77. The second-order valence-electron chi connectivity index (χ2n) is 1.86. The highest BCUT2D eigenvalue weighted by Gasteiger charge is 1.75. The van der Waals surface area contributed by atoms with Gasteiger partial charge in [0.05, 0.1) is 0 Å². The molecular formula is C8H10N2. The molecular weight excluding hydrogens is 124 g/mol. The van der Waals surface area contributed by atoms with Gasteiger partial charge in [0.15, 0.2) is 0 Å². The Morgan fingerprint density at radius 1 is 1.10 bits per heavy atom. The van der Waals surface area contributed by atoms with Crippen LogP contribution >= 0.6 is 0 Å². The first-order valence-corrected chi connectivity index (χ1v) is 3.11. The van der Waals surface area contributed by atoms with Gasteiger partial charge in [0.1, 0.15) is 0 Å². The summed E-state index contributed by atoms with van der Waals surface area (Å²) in [5.41, 5.74) is 5.13. The molecule has 0 radical (unpaired) electrons. The van der Waals surface area contributed by atoms with Crippen LogP contribution in [-0.4, -0.2) is 4.57 Å². The Labute approximate surface area is 60.3 Å². The van der Waals surface area contributed by atoms with E-state index in [4.69, 9.17) is 5.73 Å². The van der Waals surface area contributed by atoms with Gasteiger partial charge in [0.25, 0.3) is 0 Å². The van der Waals surface area contributed by atoms with E-state index in [1.807, 2.05) is 41.4 Å². The summed E-state index contributed by atoms with van der Waals surface area (Å²) in [7, 11) is 0. The molecule has 2 N–H and O–H groups in total. The third-order valence-corrected chi connectivity index (χ3v) is 1.11. The molecule has 0 aromatic carbocycles. The maximum atomic E-state index is 5.13. The van der Waals surface area contributed by atoms with Gasteiger partial charge < -0.3 is 10.3 Å². The Hall–Kier alpha value is -1.44. The van der Waals surface area contributed by atoms with Crippen LogP contribution in [0.3, 0.4) is 0 Å². The molecule has 2 nitrogen and oxygen atoms in total. The van der Waals surface area contributed by atoms with E-state index in [-0.39, 0.29) is 0 Å². The molecule has 0 bridgehead atoms. The summed E-state index contributed by atoms with van der Waals surface area (Å²) in [5.74, 6) is 0. The Morgan fingerprint density at radius 3 is 2.40 bits per heavy atom. The van der Waals surface area contributed by atoms with Crippen LogP contribution < -0.4 is 5.73 Å². The number of nitrogens with two attached hydrogens (primary N) is 1. The Balaban J connectivity index is 2.55. The fourth-order valence-electron chi connectivity index (χ4n) is 0.660. The first kappa shape index (κ1) is 6.68. The number of nitrogens with zero attached hydrogens (tertiary/aromatic N) is 1. The molecule has 2 heteroatoms.